The van der Waals surface area contributed by atoms with Gasteiger partial charge in [-0.3, -0.25) is 4.79 Å². The zero-order chi connectivity index (χ0) is 13.9. The summed E-state index contributed by atoms with van der Waals surface area (Å²) in [6.45, 7) is 0.683. The first-order chi connectivity index (χ1) is 9.79. The molecule has 0 saturated heterocycles. The average molecular weight is 270 g/mol. The third-order valence-electron chi connectivity index (χ3n) is 3.25. The summed E-state index contributed by atoms with van der Waals surface area (Å²) >= 11 is 0. The SMILES string of the molecule is O=c1[nH]cnc2c1ncn2Cc1ccccc1CCO. The molecule has 0 unspecified atom stereocenters. The third-order valence-corrected chi connectivity index (χ3v) is 3.25. The Morgan fingerprint density at radius 3 is 2.80 bits per heavy atom. The summed E-state index contributed by atoms with van der Waals surface area (Å²) in [5, 5.41) is 9.10. The van der Waals surface area contributed by atoms with E-state index in [4.69, 9.17) is 5.11 Å². The molecule has 20 heavy (non-hydrogen) atoms. The van der Waals surface area contributed by atoms with E-state index in [1.807, 2.05) is 28.8 Å². The van der Waals surface area contributed by atoms with Crippen molar-refractivity contribution in [2.75, 3.05) is 6.61 Å². The first-order valence-corrected chi connectivity index (χ1v) is 6.36. The molecule has 6 nitrogen and oxygen atoms in total. The average Bonchev–Trinajstić information content (AvgIpc) is 2.86. The highest BCUT2D eigenvalue weighted by molar-refractivity contribution is 5.68. The first-order valence-electron chi connectivity index (χ1n) is 6.36. The predicted octanol–water partition coefficient (Wildman–Crippen LogP) is 0.703. The fraction of sp³-hybridized carbons (Fsp3) is 0.214. The Bertz CT molecular complexity index is 791. The van der Waals surface area contributed by atoms with E-state index in [2.05, 4.69) is 15.0 Å². The summed E-state index contributed by atoms with van der Waals surface area (Å²) in [5.74, 6) is 0. The summed E-state index contributed by atoms with van der Waals surface area (Å²) in [5.41, 5.74) is 2.83. The first kappa shape index (κ1) is 12.6. The van der Waals surface area contributed by atoms with Crippen LogP contribution in [0.5, 0.6) is 0 Å². The number of aromatic nitrogens is 4. The van der Waals surface area contributed by atoms with Crippen molar-refractivity contribution in [3.63, 3.8) is 0 Å². The van der Waals surface area contributed by atoms with Crippen LogP contribution in [0.1, 0.15) is 11.1 Å². The molecule has 0 saturated carbocycles. The van der Waals surface area contributed by atoms with Crippen LogP contribution >= 0.6 is 0 Å². The zero-order valence-electron chi connectivity index (χ0n) is 10.8. The molecule has 0 radical (unpaired) electrons. The van der Waals surface area contributed by atoms with E-state index in [1.165, 1.54) is 6.33 Å². The zero-order valence-corrected chi connectivity index (χ0v) is 10.8. The second-order valence-electron chi connectivity index (χ2n) is 4.52. The number of aliphatic hydroxyl groups excluding tert-OH is 1. The molecule has 0 atom stereocenters. The van der Waals surface area contributed by atoms with Gasteiger partial charge in [-0.25, -0.2) is 9.97 Å². The van der Waals surface area contributed by atoms with Crippen molar-refractivity contribution in [2.24, 2.45) is 0 Å². The summed E-state index contributed by atoms with van der Waals surface area (Å²) in [7, 11) is 0. The van der Waals surface area contributed by atoms with Crippen molar-refractivity contribution in [3.8, 4) is 0 Å². The topological polar surface area (TPSA) is 83.8 Å². The van der Waals surface area contributed by atoms with Gasteiger partial charge in [0, 0.05) is 6.61 Å². The van der Waals surface area contributed by atoms with E-state index in [0.717, 1.165) is 11.1 Å². The number of aliphatic hydroxyl groups is 1. The molecule has 0 aliphatic heterocycles. The van der Waals surface area contributed by atoms with Crippen molar-refractivity contribution in [1.29, 1.82) is 0 Å². The molecule has 0 aliphatic rings. The number of H-pyrrole nitrogens is 1. The molecule has 0 bridgehead atoms. The van der Waals surface area contributed by atoms with Crippen molar-refractivity contribution in [1.82, 2.24) is 19.5 Å². The van der Waals surface area contributed by atoms with E-state index in [1.54, 1.807) is 6.33 Å². The van der Waals surface area contributed by atoms with Gasteiger partial charge in [0.25, 0.3) is 5.56 Å². The molecule has 2 heterocycles. The molecule has 3 rings (SSSR count). The van der Waals surface area contributed by atoms with Crippen LogP contribution in [-0.2, 0) is 13.0 Å². The van der Waals surface area contributed by atoms with Crippen LogP contribution in [0.25, 0.3) is 11.2 Å². The standard InChI is InChI=1S/C14H14N4O2/c19-6-5-10-3-1-2-4-11(10)7-18-9-17-12-13(18)15-8-16-14(12)20/h1-4,8-9,19H,5-7H2,(H,15,16,20). The quantitative estimate of drug-likeness (QED) is 0.731. The van der Waals surface area contributed by atoms with Gasteiger partial charge in [0.15, 0.2) is 11.2 Å². The minimum absolute atomic E-state index is 0.111. The van der Waals surface area contributed by atoms with Gasteiger partial charge in [0.05, 0.1) is 19.2 Å². The molecule has 0 aliphatic carbocycles. The van der Waals surface area contributed by atoms with Crippen molar-refractivity contribution in [3.05, 3.63) is 58.4 Å². The van der Waals surface area contributed by atoms with Crippen molar-refractivity contribution < 1.29 is 5.11 Å². The monoisotopic (exact) mass is 270 g/mol. The Labute approximate surface area is 114 Å². The van der Waals surface area contributed by atoms with Gasteiger partial charge in [-0.2, -0.15) is 0 Å². The Kier molecular flexibility index (Phi) is 3.30. The highest BCUT2D eigenvalue weighted by Gasteiger charge is 2.09. The maximum absolute atomic E-state index is 11.6. The van der Waals surface area contributed by atoms with Gasteiger partial charge in [0.2, 0.25) is 0 Å². The maximum Gasteiger partial charge on any atom is 0.278 e. The molecular formula is C14H14N4O2. The fourth-order valence-electron chi connectivity index (χ4n) is 2.27. The molecule has 0 amide bonds. The predicted molar refractivity (Wildman–Crippen MR) is 74.5 cm³/mol. The van der Waals surface area contributed by atoms with Gasteiger partial charge >= 0.3 is 0 Å². The number of fused-ring (bicyclic) bond motifs is 1. The van der Waals surface area contributed by atoms with E-state index in [-0.39, 0.29) is 12.2 Å². The normalized spacial score (nSPS) is 11.1. The number of nitrogens with zero attached hydrogens (tertiary/aromatic N) is 3. The van der Waals surface area contributed by atoms with Gasteiger partial charge in [-0.1, -0.05) is 24.3 Å². The van der Waals surface area contributed by atoms with Crippen molar-refractivity contribution >= 4 is 11.2 Å². The smallest absolute Gasteiger partial charge is 0.278 e. The Hall–Kier alpha value is -2.47. The maximum atomic E-state index is 11.6. The summed E-state index contributed by atoms with van der Waals surface area (Å²) in [6.07, 6.45) is 3.60. The number of benzene rings is 1. The van der Waals surface area contributed by atoms with Crippen LogP contribution in [-0.4, -0.2) is 31.2 Å². The number of hydrogen-bond acceptors (Lipinski definition) is 4. The molecular weight excluding hydrogens is 256 g/mol. The minimum atomic E-state index is -0.239. The lowest BCUT2D eigenvalue weighted by Gasteiger charge is -2.09. The molecule has 0 spiro atoms. The number of hydrogen-bond donors (Lipinski definition) is 2. The van der Waals surface area contributed by atoms with Crippen LogP contribution in [0.4, 0.5) is 0 Å². The lowest BCUT2D eigenvalue weighted by atomic mass is 10.1. The molecule has 102 valence electrons. The van der Waals surface area contributed by atoms with Crippen molar-refractivity contribution in [2.45, 2.75) is 13.0 Å². The van der Waals surface area contributed by atoms with Gasteiger partial charge < -0.3 is 14.7 Å². The van der Waals surface area contributed by atoms with E-state index < -0.39 is 0 Å². The van der Waals surface area contributed by atoms with Crippen LogP contribution in [0.3, 0.4) is 0 Å². The number of aromatic amines is 1. The summed E-state index contributed by atoms with van der Waals surface area (Å²) in [6, 6.07) is 7.90. The van der Waals surface area contributed by atoms with E-state index in [0.29, 0.717) is 24.1 Å². The Morgan fingerprint density at radius 1 is 1.20 bits per heavy atom. The molecule has 0 fully saturated rings. The van der Waals surface area contributed by atoms with E-state index >= 15 is 0 Å². The second-order valence-corrected chi connectivity index (χ2v) is 4.52. The van der Waals surface area contributed by atoms with E-state index in [9.17, 15) is 4.79 Å². The Morgan fingerprint density at radius 2 is 2.00 bits per heavy atom. The van der Waals surface area contributed by atoms with Gasteiger partial charge in [-0.15, -0.1) is 0 Å². The largest absolute Gasteiger partial charge is 0.396 e. The number of imidazole rings is 1. The number of nitrogens with one attached hydrogen (secondary N) is 1. The highest BCUT2D eigenvalue weighted by atomic mass is 16.3. The van der Waals surface area contributed by atoms with Crippen LogP contribution in [0.2, 0.25) is 0 Å². The van der Waals surface area contributed by atoms with Crippen LogP contribution < -0.4 is 5.56 Å². The second kappa shape index (κ2) is 5.26. The lowest BCUT2D eigenvalue weighted by molar-refractivity contribution is 0.299. The minimum Gasteiger partial charge on any atom is -0.396 e. The number of rotatable bonds is 4. The van der Waals surface area contributed by atoms with Gasteiger partial charge in [-0.05, 0) is 17.5 Å². The molecule has 2 N–H and O–H groups in total. The summed E-state index contributed by atoms with van der Waals surface area (Å²) < 4.78 is 1.83. The highest BCUT2D eigenvalue weighted by Crippen LogP contribution is 2.13. The fourth-order valence-corrected chi connectivity index (χ4v) is 2.27. The lowest BCUT2D eigenvalue weighted by Crippen LogP contribution is -2.08. The van der Waals surface area contributed by atoms with Crippen LogP contribution in [0.15, 0.2) is 41.7 Å². The molecule has 6 heteroatoms. The van der Waals surface area contributed by atoms with Gasteiger partial charge in [0.1, 0.15) is 0 Å². The molecule has 1 aromatic carbocycles. The Balaban J connectivity index is 2.02. The third kappa shape index (κ3) is 2.21. The van der Waals surface area contributed by atoms with Crippen LogP contribution in [0, 0.1) is 0 Å². The summed E-state index contributed by atoms with van der Waals surface area (Å²) in [4.78, 5) is 22.4. The molecule has 2 aromatic heterocycles. The molecule has 3 aromatic rings.